The Hall–Kier alpha value is -4.33. The molecule has 168 valence electrons. The van der Waals surface area contributed by atoms with Crippen molar-refractivity contribution in [2.24, 2.45) is 5.18 Å². The highest BCUT2D eigenvalue weighted by Gasteiger charge is 2.30. The highest BCUT2D eigenvalue weighted by Crippen LogP contribution is 2.30. The Morgan fingerprint density at radius 2 is 2.00 bits per heavy atom. The monoisotopic (exact) mass is 455 g/mol. The summed E-state index contributed by atoms with van der Waals surface area (Å²) in [6, 6.07) is 9.11. The molecule has 0 unspecified atom stereocenters. The number of nitrogens with one attached hydrogen (secondary N) is 1. The van der Waals surface area contributed by atoms with Gasteiger partial charge in [0.1, 0.15) is 24.8 Å². The van der Waals surface area contributed by atoms with Gasteiger partial charge >= 0.3 is 6.18 Å². The lowest BCUT2D eigenvalue weighted by Gasteiger charge is -2.12. The number of pyridine rings is 2. The molecule has 1 N–H and O–H groups in total. The summed E-state index contributed by atoms with van der Waals surface area (Å²) in [6.07, 6.45) is -1.76. The molecule has 11 heteroatoms. The van der Waals surface area contributed by atoms with Gasteiger partial charge in [-0.05, 0) is 37.3 Å². The molecule has 2 heterocycles. The van der Waals surface area contributed by atoms with Crippen molar-refractivity contribution in [1.29, 1.82) is 5.26 Å². The zero-order valence-electron chi connectivity index (χ0n) is 17.2. The number of amides is 1. The van der Waals surface area contributed by atoms with E-state index in [1.165, 1.54) is 24.5 Å². The molecule has 0 aliphatic carbocycles. The van der Waals surface area contributed by atoms with Crippen molar-refractivity contribution in [2.45, 2.75) is 13.1 Å². The van der Waals surface area contributed by atoms with Gasteiger partial charge in [0.15, 0.2) is 0 Å². The minimum atomic E-state index is -4.57. The van der Waals surface area contributed by atoms with Crippen LogP contribution in [0.15, 0.2) is 54.0 Å². The second kappa shape index (κ2) is 9.86. The van der Waals surface area contributed by atoms with Crippen LogP contribution in [-0.2, 0) is 6.18 Å². The number of nitriles is 1. The van der Waals surface area contributed by atoms with E-state index in [9.17, 15) is 28.1 Å². The Labute approximate surface area is 186 Å². The number of aromatic nitrogens is 2. The van der Waals surface area contributed by atoms with Gasteiger partial charge in [0, 0.05) is 28.6 Å². The maximum atomic E-state index is 12.9. The standard InChI is InChI=1S/C22H16F3N5O3/c1-13-19(16-7-15(10-26)21(28-11-16)33-6-5-29-32)9-18(12-27-13)30-20(31)14-3-2-4-17(8-14)22(23,24)25/h2-4,7-9,11-12H,5-6H2,1H3,(H,30,31). The van der Waals surface area contributed by atoms with Crippen LogP contribution in [0.2, 0.25) is 0 Å². The van der Waals surface area contributed by atoms with Crippen LogP contribution >= 0.6 is 0 Å². The van der Waals surface area contributed by atoms with Gasteiger partial charge in [-0.2, -0.15) is 23.3 Å². The van der Waals surface area contributed by atoms with E-state index in [0.29, 0.717) is 16.8 Å². The number of aryl methyl sites for hydroxylation is 1. The van der Waals surface area contributed by atoms with E-state index in [4.69, 9.17) is 4.74 Å². The molecule has 0 saturated carbocycles. The Morgan fingerprint density at radius 3 is 2.70 bits per heavy atom. The van der Waals surface area contributed by atoms with Gasteiger partial charge in [-0.3, -0.25) is 9.78 Å². The Kier molecular flexibility index (Phi) is 6.97. The number of carbonyl (C=O) groups excluding carboxylic acids is 1. The largest absolute Gasteiger partial charge is 0.475 e. The fourth-order valence-electron chi connectivity index (χ4n) is 2.91. The first-order chi connectivity index (χ1) is 15.7. The molecule has 3 aromatic rings. The minimum Gasteiger partial charge on any atom is -0.475 e. The van der Waals surface area contributed by atoms with Gasteiger partial charge in [-0.15, -0.1) is 0 Å². The SMILES string of the molecule is Cc1ncc(NC(=O)c2cccc(C(F)(F)F)c2)cc1-c1cnc(OCCN=O)c(C#N)c1. The van der Waals surface area contributed by atoms with Crippen molar-refractivity contribution in [3.63, 3.8) is 0 Å². The number of nitroso groups, excluding NO2 is 1. The van der Waals surface area contributed by atoms with E-state index in [1.807, 2.05) is 6.07 Å². The Balaban J connectivity index is 1.86. The average Bonchev–Trinajstić information content (AvgIpc) is 2.80. The summed E-state index contributed by atoms with van der Waals surface area (Å²) in [4.78, 5) is 31.0. The Morgan fingerprint density at radius 1 is 1.21 bits per heavy atom. The number of carbonyl (C=O) groups is 1. The van der Waals surface area contributed by atoms with Crippen LogP contribution < -0.4 is 10.1 Å². The van der Waals surface area contributed by atoms with Crippen molar-refractivity contribution in [1.82, 2.24) is 9.97 Å². The first-order valence-electron chi connectivity index (χ1n) is 9.50. The van der Waals surface area contributed by atoms with Crippen molar-refractivity contribution >= 4 is 11.6 Å². The highest BCUT2D eigenvalue weighted by molar-refractivity contribution is 6.04. The van der Waals surface area contributed by atoms with Crippen LogP contribution in [0, 0.1) is 23.2 Å². The predicted octanol–water partition coefficient (Wildman–Crippen LogP) is 4.74. The van der Waals surface area contributed by atoms with Gasteiger partial charge in [0.25, 0.3) is 5.91 Å². The molecular weight excluding hydrogens is 439 g/mol. The zero-order valence-corrected chi connectivity index (χ0v) is 17.2. The van der Waals surface area contributed by atoms with Crippen LogP contribution in [0.25, 0.3) is 11.1 Å². The molecule has 0 aliphatic rings. The number of anilines is 1. The number of hydrogen-bond acceptors (Lipinski definition) is 7. The van der Waals surface area contributed by atoms with E-state index in [2.05, 4.69) is 20.5 Å². The number of benzene rings is 1. The van der Waals surface area contributed by atoms with E-state index < -0.39 is 17.6 Å². The number of hydrogen-bond donors (Lipinski definition) is 1. The molecule has 2 aromatic heterocycles. The summed E-state index contributed by atoms with van der Waals surface area (Å²) >= 11 is 0. The normalized spacial score (nSPS) is 10.9. The highest BCUT2D eigenvalue weighted by atomic mass is 19.4. The topological polar surface area (TPSA) is 117 Å². The quantitative estimate of drug-likeness (QED) is 0.406. The Bertz CT molecular complexity index is 1240. The summed E-state index contributed by atoms with van der Waals surface area (Å²) < 4.78 is 44.0. The molecule has 0 radical (unpaired) electrons. The smallest absolute Gasteiger partial charge is 0.416 e. The van der Waals surface area contributed by atoms with Crippen LogP contribution in [0.1, 0.15) is 27.2 Å². The van der Waals surface area contributed by atoms with Crippen molar-refractivity contribution < 1.29 is 22.7 Å². The van der Waals surface area contributed by atoms with Gasteiger partial charge in [0.2, 0.25) is 5.88 Å². The third-order valence-electron chi connectivity index (χ3n) is 4.50. The summed E-state index contributed by atoms with van der Waals surface area (Å²) in [5, 5.41) is 14.6. The van der Waals surface area contributed by atoms with Gasteiger partial charge in [-0.25, -0.2) is 4.98 Å². The van der Waals surface area contributed by atoms with Crippen LogP contribution in [0.3, 0.4) is 0 Å². The van der Waals surface area contributed by atoms with E-state index in [0.717, 1.165) is 18.2 Å². The second-order valence-electron chi connectivity index (χ2n) is 6.78. The fourth-order valence-corrected chi connectivity index (χ4v) is 2.91. The first-order valence-corrected chi connectivity index (χ1v) is 9.50. The molecule has 0 spiro atoms. The summed E-state index contributed by atoms with van der Waals surface area (Å²) in [6.45, 7) is 1.59. The second-order valence-corrected chi connectivity index (χ2v) is 6.78. The van der Waals surface area contributed by atoms with E-state index in [-0.39, 0.29) is 35.8 Å². The van der Waals surface area contributed by atoms with Crippen molar-refractivity contribution in [2.75, 3.05) is 18.5 Å². The summed E-state index contributed by atoms with van der Waals surface area (Å²) in [5.41, 5.74) is 0.891. The van der Waals surface area contributed by atoms with Gasteiger partial charge in [-0.1, -0.05) is 11.2 Å². The minimum absolute atomic E-state index is 0.0256. The number of nitrogens with zero attached hydrogens (tertiary/aromatic N) is 4. The van der Waals surface area contributed by atoms with Crippen LogP contribution in [-0.4, -0.2) is 29.0 Å². The number of ether oxygens (including phenoxy) is 1. The molecule has 33 heavy (non-hydrogen) atoms. The maximum Gasteiger partial charge on any atom is 0.416 e. The lowest BCUT2D eigenvalue weighted by Crippen LogP contribution is -2.14. The molecule has 0 aliphatic heterocycles. The number of alkyl halides is 3. The van der Waals surface area contributed by atoms with E-state index in [1.54, 1.807) is 13.0 Å². The maximum absolute atomic E-state index is 12.9. The van der Waals surface area contributed by atoms with Crippen LogP contribution in [0.4, 0.5) is 18.9 Å². The number of rotatable bonds is 7. The lowest BCUT2D eigenvalue weighted by molar-refractivity contribution is -0.137. The van der Waals surface area contributed by atoms with Crippen molar-refractivity contribution in [3.8, 4) is 23.1 Å². The molecule has 0 atom stereocenters. The first kappa shape index (κ1) is 23.3. The molecule has 0 bridgehead atoms. The van der Waals surface area contributed by atoms with Crippen LogP contribution in [0.5, 0.6) is 5.88 Å². The summed E-state index contributed by atoms with van der Waals surface area (Å²) in [7, 11) is 0. The average molecular weight is 455 g/mol. The predicted molar refractivity (Wildman–Crippen MR) is 112 cm³/mol. The molecule has 1 amide bonds. The molecular formula is C22H16F3N5O3. The lowest BCUT2D eigenvalue weighted by atomic mass is 10.0. The van der Waals surface area contributed by atoms with E-state index >= 15 is 0 Å². The number of halogens is 3. The molecule has 3 rings (SSSR count). The molecule has 8 nitrogen and oxygen atoms in total. The molecule has 1 aromatic carbocycles. The third kappa shape index (κ3) is 5.68. The molecule has 0 fully saturated rings. The van der Waals surface area contributed by atoms with Crippen molar-refractivity contribution in [3.05, 3.63) is 76.1 Å². The molecule has 0 saturated heterocycles. The van der Waals surface area contributed by atoms with Gasteiger partial charge in [0.05, 0.1) is 17.4 Å². The van der Waals surface area contributed by atoms with Gasteiger partial charge < -0.3 is 10.1 Å². The third-order valence-corrected chi connectivity index (χ3v) is 4.50. The zero-order chi connectivity index (χ0) is 24.0. The summed E-state index contributed by atoms with van der Waals surface area (Å²) in [5.74, 6) is -0.689. The fraction of sp³-hybridized carbons (Fsp3) is 0.182.